The number of imidazole rings is 1. The van der Waals surface area contributed by atoms with E-state index in [1.165, 1.54) is 10.5 Å². The number of aromatic amines is 1. The number of H-pyrrole nitrogens is 1. The summed E-state index contributed by atoms with van der Waals surface area (Å²) >= 11 is 0. The molecule has 16 heavy (non-hydrogen) atoms. The van der Waals surface area contributed by atoms with Crippen LogP contribution in [-0.2, 0) is 10.0 Å². The molecule has 90 valence electrons. The summed E-state index contributed by atoms with van der Waals surface area (Å²) in [7, 11) is -3.50. The first-order valence-corrected chi connectivity index (χ1v) is 6.75. The molecular weight excluding hydrogens is 228 g/mol. The highest BCUT2D eigenvalue weighted by atomic mass is 32.2. The molecule has 2 heterocycles. The van der Waals surface area contributed by atoms with Crippen molar-refractivity contribution < 1.29 is 8.42 Å². The zero-order valence-corrected chi connectivity index (χ0v) is 10.00. The van der Waals surface area contributed by atoms with E-state index < -0.39 is 16.2 Å². The van der Waals surface area contributed by atoms with Crippen molar-refractivity contribution in [2.75, 3.05) is 6.54 Å². The lowest BCUT2D eigenvalue weighted by Gasteiger charge is -2.31. The van der Waals surface area contributed by atoms with Gasteiger partial charge in [-0.05, 0) is 26.2 Å². The number of nitrogens with zero attached hydrogens (tertiary/aromatic N) is 2. The third kappa shape index (κ3) is 1.98. The Morgan fingerprint density at radius 1 is 1.56 bits per heavy atom. The molecule has 0 amide bonds. The maximum absolute atomic E-state index is 12.2. The van der Waals surface area contributed by atoms with Crippen LogP contribution in [0.2, 0.25) is 0 Å². The number of piperidine rings is 1. The van der Waals surface area contributed by atoms with Gasteiger partial charge in [0.15, 0.2) is 5.03 Å². The van der Waals surface area contributed by atoms with E-state index in [1.54, 1.807) is 6.92 Å². The summed E-state index contributed by atoms with van der Waals surface area (Å²) in [6, 6.07) is 0. The Labute approximate surface area is 94.9 Å². The predicted molar refractivity (Wildman–Crippen MR) is 59.0 cm³/mol. The topological polar surface area (TPSA) is 92.1 Å². The van der Waals surface area contributed by atoms with Gasteiger partial charge >= 0.3 is 0 Å². The van der Waals surface area contributed by atoms with Gasteiger partial charge in [-0.1, -0.05) is 0 Å². The zero-order valence-electron chi connectivity index (χ0n) is 9.18. The van der Waals surface area contributed by atoms with Gasteiger partial charge in [0, 0.05) is 6.54 Å². The third-order valence-electron chi connectivity index (χ3n) is 2.76. The Hall–Kier alpha value is -0.920. The minimum Gasteiger partial charge on any atom is -0.332 e. The number of hydrogen-bond donors (Lipinski definition) is 2. The predicted octanol–water partition coefficient (Wildman–Crippen LogP) is 0.178. The Bertz CT molecular complexity index is 468. The number of aromatic nitrogens is 2. The van der Waals surface area contributed by atoms with E-state index >= 15 is 0 Å². The molecule has 1 fully saturated rings. The molecule has 0 saturated carbocycles. The molecule has 1 saturated heterocycles. The molecule has 0 spiro atoms. The summed E-state index contributed by atoms with van der Waals surface area (Å²) < 4.78 is 25.7. The maximum atomic E-state index is 12.2. The molecule has 1 aromatic heterocycles. The number of nitrogens with one attached hydrogen (secondary N) is 1. The van der Waals surface area contributed by atoms with Crippen LogP contribution in [-0.4, -0.2) is 35.4 Å². The highest BCUT2D eigenvalue weighted by Crippen LogP contribution is 2.21. The van der Waals surface area contributed by atoms with Crippen LogP contribution >= 0.6 is 0 Å². The first kappa shape index (κ1) is 11.6. The Morgan fingerprint density at radius 2 is 2.31 bits per heavy atom. The van der Waals surface area contributed by atoms with Gasteiger partial charge in [0.1, 0.15) is 5.82 Å². The van der Waals surface area contributed by atoms with Crippen molar-refractivity contribution in [1.82, 2.24) is 14.3 Å². The average molecular weight is 244 g/mol. The van der Waals surface area contributed by atoms with Gasteiger partial charge in [-0.3, -0.25) is 0 Å². The third-order valence-corrected chi connectivity index (χ3v) is 4.60. The standard InChI is InChI=1S/C9H16N4O2S/c1-7-11-6-9(12-7)16(14,15)13-5-3-2-4-8(13)10/h6,8H,2-5,10H2,1H3,(H,11,12). The number of aryl methyl sites for hydroxylation is 1. The Kier molecular flexibility index (Phi) is 3.00. The van der Waals surface area contributed by atoms with E-state index in [2.05, 4.69) is 9.97 Å². The van der Waals surface area contributed by atoms with Crippen LogP contribution in [0.4, 0.5) is 0 Å². The summed E-state index contributed by atoms with van der Waals surface area (Å²) in [5.41, 5.74) is 5.82. The van der Waals surface area contributed by atoms with Gasteiger partial charge in [0.25, 0.3) is 10.0 Å². The van der Waals surface area contributed by atoms with E-state index in [1.807, 2.05) is 0 Å². The average Bonchev–Trinajstić information content (AvgIpc) is 2.66. The molecule has 0 bridgehead atoms. The number of hydrogen-bond acceptors (Lipinski definition) is 4. The molecule has 3 N–H and O–H groups in total. The maximum Gasteiger partial charge on any atom is 0.261 e. The number of nitrogens with two attached hydrogens (primary N) is 1. The molecule has 0 radical (unpaired) electrons. The monoisotopic (exact) mass is 244 g/mol. The second kappa shape index (κ2) is 4.15. The second-order valence-corrected chi connectivity index (χ2v) is 5.87. The van der Waals surface area contributed by atoms with Gasteiger partial charge in [-0.15, -0.1) is 0 Å². The van der Waals surface area contributed by atoms with Crippen molar-refractivity contribution in [3.8, 4) is 0 Å². The van der Waals surface area contributed by atoms with Crippen molar-refractivity contribution in [2.24, 2.45) is 5.73 Å². The molecule has 1 unspecified atom stereocenters. The van der Waals surface area contributed by atoms with Crippen molar-refractivity contribution in [3.05, 3.63) is 12.0 Å². The molecule has 0 aliphatic carbocycles. The van der Waals surface area contributed by atoms with Crippen molar-refractivity contribution >= 4 is 10.0 Å². The van der Waals surface area contributed by atoms with E-state index in [-0.39, 0.29) is 5.03 Å². The van der Waals surface area contributed by atoms with Crippen LogP contribution in [0.5, 0.6) is 0 Å². The second-order valence-electron chi connectivity index (χ2n) is 4.01. The molecule has 7 heteroatoms. The molecule has 1 aromatic rings. The zero-order chi connectivity index (χ0) is 11.8. The van der Waals surface area contributed by atoms with Gasteiger partial charge in [0.2, 0.25) is 0 Å². The smallest absolute Gasteiger partial charge is 0.261 e. The fourth-order valence-corrected chi connectivity index (χ4v) is 3.43. The summed E-state index contributed by atoms with van der Waals surface area (Å²) in [5.74, 6) is 0.587. The van der Waals surface area contributed by atoms with Crippen molar-refractivity contribution in [2.45, 2.75) is 37.4 Å². The largest absolute Gasteiger partial charge is 0.332 e. The molecule has 2 rings (SSSR count). The van der Waals surface area contributed by atoms with Crippen LogP contribution in [0.25, 0.3) is 0 Å². The summed E-state index contributed by atoms with van der Waals surface area (Å²) in [5, 5.41) is 0.127. The Balaban J connectivity index is 2.31. The minimum absolute atomic E-state index is 0.127. The number of rotatable bonds is 2. The minimum atomic E-state index is -3.50. The SMILES string of the molecule is Cc1ncc(S(=O)(=O)N2CCCCC2N)[nH]1. The fourth-order valence-electron chi connectivity index (χ4n) is 1.89. The lowest BCUT2D eigenvalue weighted by atomic mass is 10.1. The van der Waals surface area contributed by atoms with Crippen molar-refractivity contribution in [1.29, 1.82) is 0 Å². The van der Waals surface area contributed by atoms with Gasteiger partial charge in [0.05, 0.1) is 12.4 Å². The van der Waals surface area contributed by atoms with E-state index in [4.69, 9.17) is 5.73 Å². The highest BCUT2D eigenvalue weighted by Gasteiger charge is 2.32. The van der Waals surface area contributed by atoms with E-state index in [0.29, 0.717) is 18.8 Å². The molecule has 1 aliphatic heterocycles. The summed E-state index contributed by atoms with van der Waals surface area (Å²) in [4.78, 5) is 6.64. The lowest BCUT2D eigenvalue weighted by Crippen LogP contribution is -2.48. The molecular formula is C9H16N4O2S. The van der Waals surface area contributed by atoms with E-state index in [9.17, 15) is 8.42 Å². The molecule has 0 aromatic carbocycles. The van der Waals surface area contributed by atoms with Gasteiger partial charge < -0.3 is 10.7 Å². The van der Waals surface area contributed by atoms with Crippen LogP contribution < -0.4 is 5.73 Å². The lowest BCUT2D eigenvalue weighted by molar-refractivity contribution is 0.257. The fraction of sp³-hybridized carbons (Fsp3) is 0.667. The Morgan fingerprint density at radius 3 is 2.88 bits per heavy atom. The van der Waals surface area contributed by atoms with Gasteiger partial charge in [-0.2, -0.15) is 4.31 Å². The van der Waals surface area contributed by atoms with Crippen molar-refractivity contribution in [3.63, 3.8) is 0 Å². The summed E-state index contributed by atoms with van der Waals surface area (Å²) in [6.07, 6.45) is 3.48. The van der Waals surface area contributed by atoms with Crippen LogP contribution in [0.15, 0.2) is 11.2 Å². The number of sulfonamides is 1. The molecule has 1 aliphatic rings. The van der Waals surface area contributed by atoms with Crippen LogP contribution in [0.3, 0.4) is 0 Å². The molecule has 1 atom stereocenters. The first-order valence-electron chi connectivity index (χ1n) is 5.31. The van der Waals surface area contributed by atoms with E-state index in [0.717, 1.165) is 12.8 Å². The quantitative estimate of drug-likeness (QED) is 0.776. The van der Waals surface area contributed by atoms with Gasteiger partial charge in [-0.25, -0.2) is 13.4 Å². The summed E-state index contributed by atoms with van der Waals surface area (Å²) in [6.45, 7) is 2.21. The first-order chi connectivity index (χ1) is 7.51. The highest BCUT2D eigenvalue weighted by molar-refractivity contribution is 7.89. The normalized spacial score (nSPS) is 23.5. The van der Waals surface area contributed by atoms with Crippen LogP contribution in [0.1, 0.15) is 25.1 Å². The molecule has 6 nitrogen and oxygen atoms in total. The van der Waals surface area contributed by atoms with Crippen LogP contribution in [0, 0.1) is 6.92 Å².